The quantitative estimate of drug-likeness (QED) is 0.877. The van der Waals surface area contributed by atoms with Crippen LogP contribution in [0, 0.1) is 19.7 Å². The normalized spacial score (nSPS) is 17.5. The van der Waals surface area contributed by atoms with Gasteiger partial charge in [0.2, 0.25) is 5.91 Å². The van der Waals surface area contributed by atoms with Gasteiger partial charge in [0.25, 0.3) is 0 Å². The lowest BCUT2D eigenvalue weighted by Crippen LogP contribution is -2.51. The van der Waals surface area contributed by atoms with Crippen LogP contribution in [0.25, 0.3) is 0 Å². The van der Waals surface area contributed by atoms with Crippen molar-refractivity contribution in [2.75, 3.05) is 13.2 Å². The number of aromatic nitrogens is 2. The molecule has 1 aliphatic heterocycles. The Morgan fingerprint density at radius 2 is 2.00 bits per heavy atom. The minimum Gasteiger partial charge on any atom is -0.381 e. The van der Waals surface area contributed by atoms with E-state index in [9.17, 15) is 9.18 Å². The van der Waals surface area contributed by atoms with E-state index in [4.69, 9.17) is 4.74 Å². The molecule has 0 spiro atoms. The van der Waals surface area contributed by atoms with Crippen LogP contribution in [0.1, 0.15) is 42.3 Å². The largest absolute Gasteiger partial charge is 0.381 e. The molecule has 27 heavy (non-hydrogen) atoms. The van der Waals surface area contributed by atoms with E-state index in [1.165, 1.54) is 6.07 Å². The van der Waals surface area contributed by atoms with Crippen LogP contribution in [-0.2, 0) is 28.4 Å². The van der Waals surface area contributed by atoms with Gasteiger partial charge in [-0.05, 0) is 51.7 Å². The summed E-state index contributed by atoms with van der Waals surface area (Å²) in [4.78, 5) is 13.3. The zero-order valence-corrected chi connectivity index (χ0v) is 16.5. The summed E-state index contributed by atoms with van der Waals surface area (Å²) in [6.45, 7) is 6.91. The van der Waals surface area contributed by atoms with E-state index in [1.807, 2.05) is 32.5 Å². The second kappa shape index (κ2) is 7.80. The van der Waals surface area contributed by atoms with E-state index in [2.05, 4.69) is 10.4 Å². The summed E-state index contributed by atoms with van der Waals surface area (Å²) in [5.41, 5.74) is 2.81. The fourth-order valence-electron chi connectivity index (χ4n) is 4.02. The maximum atomic E-state index is 14.5. The molecule has 0 aliphatic carbocycles. The molecule has 3 rings (SSSR count). The minimum atomic E-state index is -0.878. The monoisotopic (exact) mass is 373 g/mol. The van der Waals surface area contributed by atoms with Gasteiger partial charge in [0.1, 0.15) is 5.82 Å². The Bertz CT molecular complexity index is 825. The average molecular weight is 373 g/mol. The number of carbonyl (C=O) groups excluding carboxylic acids is 1. The summed E-state index contributed by atoms with van der Waals surface area (Å²) in [5, 5.41) is 7.57. The van der Waals surface area contributed by atoms with Crippen LogP contribution in [-0.4, -0.2) is 34.9 Å². The standard InChI is InChI=1S/C21H28FN3O2/c1-14(13-17-15(2)24-25(4)16(17)3)23-20(26)21(9-11-27-12-10-21)18-7-5-6-8-19(18)22/h5-8,14H,9-13H2,1-4H3,(H,23,26)/t14-/m1/s1. The summed E-state index contributed by atoms with van der Waals surface area (Å²) in [5.74, 6) is -0.455. The first-order valence-corrected chi connectivity index (χ1v) is 9.48. The molecule has 0 unspecified atom stereocenters. The van der Waals surface area contributed by atoms with Crippen LogP contribution in [0.5, 0.6) is 0 Å². The molecule has 1 aliphatic rings. The first kappa shape index (κ1) is 19.5. The first-order chi connectivity index (χ1) is 12.8. The van der Waals surface area contributed by atoms with Crippen LogP contribution < -0.4 is 5.32 Å². The van der Waals surface area contributed by atoms with E-state index in [0.29, 0.717) is 38.0 Å². The molecular weight excluding hydrogens is 345 g/mol. The van der Waals surface area contributed by atoms with Crippen molar-refractivity contribution in [1.29, 1.82) is 0 Å². The van der Waals surface area contributed by atoms with Crippen molar-refractivity contribution >= 4 is 5.91 Å². The van der Waals surface area contributed by atoms with Gasteiger partial charge in [0.15, 0.2) is 0 Å². The second-order valence-corrected chi connectivity index (χ2v) is 7.53. The van der Waals surface area contributed by atoms with Crippen LogP contribution >= 0.6 is 0 Å². The summed E-state index contributed by atoms with van der Waals surface area (Å²) in [6.07, 6.45) is 1.66. The van der Waals surface area contributed by atoms with Crippen LogP contribution in [0.3, 0.4) is 0 Å². The van der Waals surface area contributed by atoms with Gasteiger partial charge in [0.05, 0.1) is 11.1 Å². The fourth-order valence-corrected chi connectivity index (χ4v) is 4.02. The van der Waals surface area contributed by atoms with Crippen molar-refractivity contribution in [1.82, 2.24) is 15.1 Å². The van der Waals surface area contributed by atoms with Gasteiger partial charge in [-0.15, -0.1) is 0 Å². The number of aryl methyl sites for hydroxylation is 2. The zero-order valence-electron chi connectivity index (χ0n) is 16.5. The molecule has 146 valence electrons. The zero-order chi connectivity index (χ0) is 19.6. The van der Waals surface area contributed by atoms with Crippen molar-refractivity contribution < 1.29 is 13.9 Å². The first-order valence-electron chi connectivity index (χ1n) is 9.48. The third kappa shape index (κ3) is 3.76. The number of nitrogens with zero attached hydrogens (tertiary/aromatic N) is 2. The number of benzene rings is 1. The lowest BCUT2D eigenvalue weighted by atomic mass is 9.73. The molecule has 1 amide bonds. The predicted molar refractivity (Wildman–Crippen MR) is 102 cm³/mol. The third-order valence-corrected chi connectivity index (χ3v) is 5.72. The molecule has 1 aromatic heterocycles. The number of carbonyl (C=O) groups is 1. The molecule has 1 aromatic carbocycles. The van der Waals surface area contributed by atoms with Crippen molar-refractivity contribution in [3.63, 3.8) is 0 Å². The van der Waals surface area contributed by atoms with Gasteiger partial charge in [-0.2, -0.15) is 5.10 Å². The highest BCUT2D eigenvalue weighted by molar-refractivity contribution is 5.88. The van der Waals surface area contributed by atoms with E-state index in [-0.39, 0.29) is 17.8 Å². The van der Waals surface area contributed by atoms with Crippen LogP contribution in [0.2, 0.25) is 0 Å². The third-order valence-electron chi connectivity index (χ3n) is 5.72. The Morgan fingerprint density at radius 1 is 1.33 bits per heavy atom. The fraction of sp³-hybridized carbons (Fsp3) is 0.524. The summed E-state index contributed by atoms with van der Waals surface area (Å²) in [6, 6.07) is 6.51. The van der Waals surface area contributed by atoms with Gasteiger partial charge in [0, 0.05) is 37.6 Å². The number of halogens is 1. The molecule has 1 fully saturated rings. The molecule has 5 nitrogen and oxygen atoms in total. The number of nitrogens with one attached hydrogen (secondary N) is 1. The molecule has 6 heteroatoms. The Hall–Kier alpha value is -2.21. The lowest BCUT2D eigenvalue weighted by Gasteiger charge is -2.37. The average Bonchev–Trinajstić information content (AvgIpc) is 2.88. The SMILES string of the molecule is Cc1nn(C)c(C)c1C[C@@H](C)NC(=O)C1(c2ccccc2F)CCOCC1. The van der Waals surface area contributed by atoms with E-state index in [0.717, 1.165) is 17.0 Å². The highest BCUT2D eigenvalue weighted by atomic mass is 19.1. The highest BCUT2D eigenvalue weighted by Crippen LogP contribution is 2.36. The van der Waals surface area contributed by atoms with Gasteiger partial charge < -0.3 is 10.1 Å². The molecule has 2 heterocycles. The Balaban J connectivity index is 1.82. The number of rotatable bonds is 5. The summed E-state index contributed by atoms with van der Waals surface area (Å²) >= 11 is 0. The van der Waals surface area contributed by atoms with Crippen LogP contribution in [0.4, 0.5) is 4.39 Å². The van der Waals surface area contributed by atoms with Gasteiger partial charge in [-0.3, -0.25) is 9.48 Å². The number of ether oxygens (including phenoxy) is 1. The predicted octanol–water partition coefficient (Wildman–Crippen LogP) is 2.97. The van der Waals surface area contributed by atoms with Crippen molar-refractivity contribution in [3.05, 3.63) is 52.6 Å². The van der Waals surface area contributed by atoms with Gasteiger partial charge in [-0.25, -0.2) is 4.39 Å². The van der Waals surface area contributed by atoms with Crippen molar-refractivity contribution in [3.8, 4) is 0 Å². The minimum absolute atomic E-state index is 0.0782. The van der Waals surface area contributed by atoms with Crippen LogP contribution in [0.15, 0.2) is 24.3 Å². The smallest absolute Gasteiger partial charge is 0.231 e. The van der Waals surface area contributed by atoms with Gasteiger partial charge in [-0.1, -0.05) is 18.2 Å². The highest BCUT2D eigenvalue weighted by Gasteiger charge is 2.43. The van der Waals surface area contributed by atoms with Gasteiger partial charge >= 0.3 is 0 Å². The topological polar surface area (TPSA) is 56.2 Å². The Labute approximate surface area is 159 Å². The molecule has 2 aromatic rings. The van der Waals surface area contributed by atoms with E-state index >= 15 is 0 Å². The molecule has 0 bridgehead atoms. The van der Waals surface area contributed by atoms with E-state index < -0.39 is 5.41 Å². The number of hydrogen-bond donors (Lipinski definition) is 1. The molecule has 1 N–H and O–H groups in total. The number of hydrogen-bond acceptors (Lipinski definition) is 3. The lowest BCUT2D eigenvalue weighted by molar-refractivity contribution is -0.131. The molecule has 0 radical (unpaired) electrons. The Morgan fingerprint density at radius 3 is 2.59 bits per heavy atom. The second-order valence-electron chi connectivity index (χ2n) is 7.53. The number of amides is 1. The van der Waals surface area contributed by atoms with Crippen molar-refractivity contribution in [2.45, 2.75) is 51.5 Å². The molecular formula is C21H28FN3O2. The maximum Gasteiger partial charge on any atom is 0.231 e. The molecule has 1 saturated heterocycles. The Kier molecular flexibility index (Phi) is 5.65. The van der Waals surface area contributed by atoms with E-state index in [1.54, 1.807) is 18.2 Å². The summed E-state index contributed by atoms with van der Waals surface area (Å²) in [7, 11) is 1.92. The summed E-state index contributed by atoms with van der Waals surface area (Å²) < 4.78 is 21.9. The van der Waals surface area contributed by atoms with Crippen molar-refractivity contribution in [2.24, 2.45) is 7.05 Å². The molecule has 1 atom stereocenters. The maximum absolute atomic E-state index is 14.5. The molecule has 0 saturated carbocycles.